The van der Waals surface area contributed by atoms with Crippen molar-refractivity contribution in [1.82, 2.24) is 0 Å². The van der Waals surface area contributed by atoms with Gasteiger partial charge in [-0.1, -0.05) is 202 Å². The molecule has 0 saturated heterocycles. The van der Waals surface area contributed by atoms with Gasteiger partial charge in [0.2, 0.25) is 0 Å². The number of carbonyl (C=O) groups excluding carboxylic acids is 3. The zero-order valence-corrected chi connectivity index (χ0v) is 47.9. The van der Waals surface area contributed by atoms with Crippen molar-refractivity contribution in [3.8, 4) is 0 Å². The summed E-state index contributed by atoms with van der Waals surface area (Å²) >= 11 is 0. The Morgan fingerprint density at radius 3 is 1.14 bits per heavy atom. The number of unbranched alkanes of at least 4 members (excludes halogenated alkanes) is 23. The molecule has 0 spiro atoms. The molecule has 3 atom stereocenters. The molecule has 2 N–H and O–H groups in total. The van der Waals surface area contributed by atoms with Crippen LogP contribution >= 0.6 is 7.82 Å². The smallest absolute Gasteiger partial charge is 0.462 e. The number of carbonyl (C=O) groups is 3. The van der Waals surface area contributed by atoms with E-state index >= 15 is 0 Å². The number of phosphoric ester groups is 1. The number of allylic oxidation sites excluding steroid dienone is 14. The van der Waals surface area contributed by atoms with Crippen molar-refractivity contribution >= 4 is 25.7 Å². The molecule has 0 saturated carbocycles. The largest absolute Gasteiger partial charge is 0.472 e. The molecule has 0 aliphatic rings. The predicted molar refractivity (Wildman–Crippen MR) is 307 cm³/mol. The third-order valence-corrected chi connectivity index (χ3v) is 13.2. The minimum Gasteiger partial charge on any atom is -0.462 e. The molecule has 11 nitrogen and oxygen atoms in total. The van der Waals surface area contributed by atoms with Crippen LogP contribution in [0, 0.1) is 0 Å². The number of ether oxygens (including phenoxy) is 3. The number of rotatable bonds is 54. The zero-order chi connectivity index (χ0) is 54.1. The molecule has 0 aliphatic carbocycles. The molecule has 0 radical (unpaired) electrons. The molecule has 0 rings (SSSR count). The third-order valence-electron chi connectivity index (χ3n) is 12.3. The van der Waals surface area contributed by atoms with Gasteiger partial charge >= 0.3 is 25.7 Å². The van der Waals surface area contributed by atoms with Crippen LogP contribution in [0.1, 0.15) is 252 Å². The lowest BCUT2D eigenvalue weighted by Gasteiger charge is -2.21. The topological polar surface area (TPSA) is 155 Å². The van der Waals surface area contributed by atoms with Crippen LogP contribution in [-0.4, -0.2) is 66.5 Å². The van der Waals surface area contributed by atoms with E-state index in [-0.39, 0.29) is 25.9 Å². The first kappa shape index (κ1) is 70.7. The molecule has 0 aliphatic heterocycles. The van der Waals surface area contributed by atoms with Gasteiger partial charge < -0.3 is 24.2 Å². The minimum atomic E-state index is -4.76. The van der Waals surface area contributed by atoms with Gasteiger partial charge in [0.05, 0.1) is 19.8 Å². The van der Waals surface area contributed by atoms with E-state index in [1.165, 1.54) is 64.2 Å². The standard InChI is InChI=1S/C62H107O11P/c1-4-7-10-13-16-19-22-25-27-28-29-30-32-34-36-39-42-45-48-51-60(64)69-55-59(73-62(66)53-50-47-44-41-38-35-31-26-23-20-17-14-11-8-5-2)57-71-74(67,68)70-56-58(54-63)72-61(65)52-49-46-43-40-37-33-24-21-18-15-12-9-6-3/h9,12,16,18-19,21,25-27,29-31,33,37,58-59,63H,4-8,10-11,13-15,17,20,22-24,28,32,34-36,38-57H2,1-3H3,(H,67,68)/b12-9-,19-16-,21-18-,27-25-,30-29-,31-26-,37-33-. The van der Waals surface area contributed by atoms with Crippen LogP contribution in [0.3, 0.4) is 0 Å². The lowest BCUT2D eigenvalue weighted by molar-refractivity contribution is -0.161. The van der Waals surface area contributed by atoms with Gasteiger partial charge in [0.1, 0.15) is 12.7 Å². The molecule has 12 heteroatoms. The predicted octanol–water partition coefficient (Wildman–Crippen LogP) is 17.5. The monoisotopic (exact) mass is 1060 g/mol. The molecule has 74 heavy (non-hydrogen) atoms. The summed E-state index contributed by atoms with van der Waals surface area (Å²) < 4.78 is 39.5. The van der Waals surface area contributed by atoms with Gasteiger partial charge in [0.25, 0.3) is 0 Å². The number of aliphatic hydroxyl groups excluding tert-OH is 1. The van der Waals surface area contributed by atoms with Crippen molar-refractivity contribution in [2.24, 2.45) is 0 Å². The lowest BCUT2D eigenvalue weighted by Crippen LogP contribution is -2.30. The maximum absolute atomic E-state index is 12.9. The first-order valence-corrected chi connectivity index (χ1v) is 31.0. The summed E-state index contributed by atoms with van der Waals surface area (Å²) in [7, 11) is -4.76. The highest BCUT2D eigenvalue weighted by atomic mass is 31.2. The summed E-state index contributed by atoms with van der Waals surface area (Å²) in [4.78, 5) is 48.5. The Morgan fingerprint density at radius 2 is 0.703 bits per heavy atom. The Morgan fingerprint density at radius 1 is 0.392 bits per heavy atom. The number of phosphoric acid groups is 1. The number of hydrogen-bond donors (Lipinski definition) is 2. The van der Waals surface area contributed by atoms with Gasteiger partial charge in [-0.2, -0.15) is 0 Å². The summed E-state index contributed by atoms with van der Waals surface area (Å²) in [5, 5.41) is 9.80. The first-order valence-electron chi connectivity index (χ1n) is 29.5. The van der Waals surface area contributed by atoms with E-state index < -0.39 is 57.8 Å². The molecule has 3 unspecified atom stereocenters. The van der Waals surface area contributed by atoms with Gasteiger partial charge in [-0.3, -0.25) is 23.4 Å². The average Bonchev–Trinajstić information content (AvgIpc) is 3.39. The Hall–Kier alpha value is -3.34. The Labute approximate surface area is 451 Å². The van der Waals surface area contributed by atoms with E-state index in [0.29, 0.717) is 19.3 Å². The first-order chi connectivity index (χ1) is 36.2. The summed E-state index contributed by atoms with van der Waals surface area (Å²) in [6, 6.07) is 0. The Kier molecular flexibility index (Phi) is 53.4. The highest BCUT2D eigenvalue weighted by Gasteiger charge is 2.28. The molecule has 0 bridgehead atoms. The zero-order valence-electron chi connectivity index (χ0n) is 47.0. The molecule has 0 aromatic heterocycles. The number of esters is 3. The molecule has 426 valence electrons. The van der Waals surface area contributed by atoms with E-state index in [9.17, 15) is 28.9 Å². The van der Waals surface area contributed by atoms with Crippen LogP contribution in [0.2, 0.25) is 0 Å². The highest BCUT2D eigenvalue weighted by molar-refractivity contribution is 7.47. The maximum Gasteiger partial charge on any atom is 0.472 e. The van der Waals surface area contributed by atoms with E-state index in [1.807, 2.05) is 0 Å². The summed E-state index contributed by atoms with van der Waals surface area (Å²) in [5.74, 6) is -1.52. The van der Waals surface area contributed by atoms with Crippen LogP contribution in [0.5, 0.6) is 0 Å². The molecule has 0 aromatic rings. The van der Waals surface area contributed by atoms with Crippen molar-refractivity contribution in [1.29, 1.82) is 0 Å². The van der Waals surface area contributed by atoms with Gasteiger partial charge in [0.15, 0.2) is 6.10 Å². The Bertz CT molecular complexity index is 1560. The van der Waals surface area contributed by atoms with Crippen LogP contribution in [-0.2, 0) is 42.2 Å². The van der Waals surface area contributed by atoms with E-state index in [1.54, 1.807) is 0 Å². The average molecular weight is 1060 g/mol. The number of hydrogen-bond acceptors (Lipinski definition) is 10. The Balaban J connectivity index is 4.77. The van der Waals surface area contributed by atoms with Crippen LogP contribution in [0.15, 0.2) is 85.1 Å². The lowest BCUT2D eigenvalue weighted by atomic mass is 10.1. The summed E-state index contributed by atoms with van der Waals surface area (Å²) in [6.45, 7) is 4.45. The van der Waals surface area contributed by atoms with Gasteiger partial charge in [-0.15, -0.1) is 0 Å². The van der Waals surface area contributed by atoms with Crippen LogP contribution in [0.25, 0.3) is 0 Å². The van der Waals surface area contributed by atoms with E-state index in [2.05, 4.69) is 106 Å². The van der Waals surface area contributed by atoms with Gasteiger partial charge in [-0.25, -0.2) is 4.57 Å². The second-order valence-electron chi connectivity index (χ2n) is 19.4. The van der Waals surface area contributed by atoms with Crippen molar-refractivity contribution in [3.63, 3.8) is 0 Å². The fourth-order valence-corrected chi connectivity index (χ4v) is 8.57. The van der Waals surface area contributed by atoms with Gasteiger partial charge in [0, 0.05) is 19.3 Å². The number of aliphatic hydroxyl groups is 1. The highest BCUT2D eigenvalue weighted by Crippen LogP contribution is 2.43. The molecule has 0 heterocycles. The summed E-state index contributed by atoms with van der Waals surface area (Å²) in [5.41, 5.74) is 0. The van der Waals surface area contributed by atoms with Crippen molar-refractivity contribution < 1.29 is 52.2 Å². The fourth-order valence-electron chi connectivity index (χ4n) is 7.78. The maximum atomic E-state index is 12.9. The van der Waals surface area contributed by atoms with Crippen molar-refractivity contribution in [2.75, 3.05) is 26.4 Å². The van der Waals surface area contributed by atoms with Crippen molar-refractivity contribution in [3.05, 3.63) is 85.1 Å². The second-order valence-corrected chi connectivity index (χ2v) is 20.9. The van der Waals surface area contributed by atoms with E-state index in [0.717, 1.165) is 128 Å². The normalized spacial score (nSPS) is 14.0. The third kappa shape index (κ3) is 53.5. The van der Waals surface area contributed by atoms with E-state index in [4.69, 9.17) is 23.3 Å². The SMILES string of the molecule is CC/C=C\C/C=C\C/C=C\CCCCCC(=O)OC(CO)COP(=O)(O)OCC(COC(=O)CCCCCCCC/C=C\C/C=C\C/C=C\CCCCC)OC(=O)CCCCCCC/C=C\CCCCCCCC. The molecule has 0 aromatic carbocycles. The van der Waals surface area contributed by atoms with Gasteiger partial charge in [-0.05, 0) is 116 Å². The minimum absolute atomic E-state index is 0.138. The fraction of sp³-hybridized carbons (Fsp3) is 0.726. The second kappa shape index (κ2) is 55.9. The van der Waals surface area contributed by atoms with Crippen molar-refractivity contribution in [2.45, 2.75) is 264 Å². The van der Waals surface area contributed by atoms with Crippen LogP contribution < -0.4 is 0 Å². The molecule has 0 amide bonds. The summed E-state index contributed by atoms with van der Waals surface area (Å²) in [6.07, 6.45) is 64.0. The molecule has 0 fully saturated rings. The molecular formula is C62H107O11P. The molecular weight excluding hydrogens is 952 g/mol. The quantitative estimate of drug-likeness (QED) is 0.0197. The van der Waals surface area contributed by atoms with Crippen LogP contribution in [0.4, 0.5) is 0 Å².